The van der Waals surface area contributed by atoms with E-state index in [4.69, 9.17) is 18.6 Å². The van der Waals surface area contributed by atoms with Crippen LogP contribution in [0.25, 0.3) is 16.6 Å². The van der Waals surface area contributed by atoms with Crippen molar-refractivity contribution in [3.63, 3.8) is 0 Å². The predicted octanol–water partition coefficient (Wildman–Crippen LogP) is -2.23. The lowest BCUT2D eigenvalue weighted by atomic mass is 9.92. The summed E-state index contributed by atoms with van der Waals surface area (Å²) in [6, 6.07) is 8.77. The summed E-state index contributed by atoms with van der Waals surface area (Å²) >= 11 is 0. The van der Waals surface area contributed by atoms with Gasteiger partial charge in [0.2, 0.25) is 0 Å². The van der Waals surface area contributed by atoms with Crippen molar-refractivity contribution < 1.29 is 33.8 Å². The normalized spacial score (nSPS) is 20.3. The third-order valence-corrected chi connectivity index (χ3v) is 4.83. The van der Waals surface area contributed by atoms with Crippen molar-refractivity contribution in [1.29, 1.82) is 0 Å². The second-order valence-corrected chi connectivity index (χ2v) is 6.95. The molecule has 2 N–H and O–H groups in total. The number of rotatable bonds is 1. The molecule has 0 aliphatic carbocycles. The maximum atomic E-state index is 8.49. The minimum Gasteiger partial charge on any atom is -0.350 e. The smallest absolute Gasteiger partial charge is 0.154 e. The Morgan fingerprint density at radius 2 is 1.79 bits per heavy atom. The number of halogens is 1. The van der Waals surface area contributed by atoms with Gasteiger partial charge >= 0.3 is 0 Å². The molecule has 1 aromatic heterocycles. The van der Waals surface area contributed by atoms with Crippen molar-refractivity contribution in [2.45, 2.75) is 32.6 Å². The minimum absolute atomic E-state index is 1.20. The average Bonchev–Trinajstić information content (AvgIpc) is 2.91. The largest absolute Gasteiger partial charge is 0.350 e. The molecular formula is C17H21ClN2O4. The van der Waals surface area contributed by atoms with E-state index in [1.54, 1.807) is 21.7 Å². The van der Waals surface area contributed by atoms with Crippen LogP contribution < -0.4 is 23.5 Å². The molecule has 1 aromatic carbocycles. The van der Waals surface area contributed by atoms with Crippen LogP contribution in [0.3, 0.4) is 0 Å². The molecule has 2 aromatic rings. The summed E-state index contributed by atoms with van der Waals surface area (Å²) in [4.78, 5) is 5.41. The van der Waals surface area contributed by atoms with Gasteiger partial charge in [-0.2, -0.15) is 0 Å². The number of aromatic nitrogens is 1. The fourth-order valence-corrected chi connectivity index (χ4v) is 3.92. The quantitative estimate of drug-likeness (QED) is 0.604. The number of hydrogen-bond donors (Lipinski definition) is 2. The van der Waals surface area contributed by atoms with Crippen molar-refractivity contribution in [3.8, 4) is 0 Å². The average molecular weight is 353 g/mol. The second kappa shape index (κ2) is 6.84. The molecule has 0 bridgehead atoms. The molecule has 24 heavy (non-hydrogen) atoms. The standard InChI is InChI=1S/C17H20N2.ClHO4/c1-2-12-6-5-10-19-11-9-14-13-7-3-4-8-15(13)18-16(14)17(12)19;2-1(3,4)5/h3-4,7-8,18H,2,5-6,9-11H2,1H3;(H,2,3,4,5). The SMILES string of the molecule is CCC1=C2c3[nH]c4ccccc4c3CC[NH+]2CCC1.[O-][Cl+3]([O-])([O-])[O-]. The summed E-state index contributed by atoms with van der Waals surface area (Å²) < 4.78 is 34.0. The fourth-order valence-electron chi connectivity index (χ4n) is 3.92. The van der Waals surface area contributed by atoms with Crippen molar-refractivity contribution in [2.24, 2.45) is 0 Å². The van der Waals surface area contributed by atoms with E-state index in [1.807, 2.05) is 0 Å². The van der Waals surface area contributed by atoms with Gasteiger partial charge in [-0.1, -0.05) is 25.1 Å². The molecule has 0 spiro atoms. The van der Waals surface area contributed by atoms with Crippen LogP contribution in [0.5, 0.6) is 0 Å². The van der Waals surface area contributed by atoms with Crippen molar-refractivity contribution in [2.75, 3.05) is 13.1 Å². The van der Waals surface area contributed by atoms with E-state index >= 15 is 0 Å². The van der Waals surface area contributed by atoms with Crippen LogP contribution in [-0.2, 0) is 6.42 Å². The van der Waals surface area contributed by atoms with Crippen LogP contribution in [-0.4, -0.2) is 18.1 Å². The Morgan fingerprint density at radius 1 is 1.08 bits per heavy atom. The van der Waals surface area contributed by atoms with Gasteiger partial charge < -0.3 is 9.88 Å². The molecule has 0 radical (unpaired) electrons. The summed E-state index contributed by atoms with van der Waals surface area (Å²) in [6.45, 7) is 4.89. The molecule has 1 atom stereocenters. The van der Waals surface area contributed by atoms with Crippen molar-refractivity contribution in [3.05, 3.63) is 41.1 Å². The third kappa shape index (κ3) is 3.64. The summed E-state index contributed by atoms with van der Waals surface area (Å²) in [5.74, 6) is 0. The Bertz CT molecular complexity index is 758. The monoisotopic (exact) mass is 352 g/mol. The molecule has 0 saturated heterocycles. The number of para-hydroxylation sites is 1. The highest BCUT2D eigenvalue weighted by Crippen LogP contribution is 2.31. The number of aromatic amines is 1. The van der Waals surface area contributed by atoms with Crippen LogP contribution in [0.2, 0.25) is 0 Å². The van der Waals surface area contributed by atoms with Crippen LogP contribution >= 0.6 is 0 Å². The highest BCUT2D eigenvalue weighted by molar-refractivity contribution is 5.89. The van der Waals surface area contributed by atoms with Gasteiger partial charge in [0.1, 0.15) is 5.69 Å². The van der Waals surface area contributed by atoms with E-state index in [0.717, 1.165) is 0 Å². The number of H-pyrrole nitrogens is 1. The molecule has 3 heterocycles. The Balaban J connectivity index is 0.000000300. The van der Waals surface area contributed by atoms with E-state index < -0.39 is 10.2 Å². The van der Waals surface area contributed by atoms with Crippen LogP contribution in [0.1, 0.15) is 37.4 Å². The van der Waals surface area contributed by atoms with Crippen LogP contribution in [0.15, 0.2) is 29.8 Å². The molecular weight excluding hydrogens is 332 g/mol. The lowest BCUT2D eigenvalue weighted by Crippen LogP contribution is -3.11. The molecule has 130 valence electrons. The van der Waals surface area contributed by atoms with Crippen LogP contribution in [0, 0.1) is 10.2 Å². The molecule has 0 fully saturated rings. The first-order valence-corrected chi connectivity index (χ1v) is 9.40. The summed E-state index contributed by atoms with van der Waals surface area (Å²) in [5.41, 5.74) is 7.59. The summed E-state index contributed by atoms with van der Waals surface area (Å²) in [5, 5.41) is 1.44. The van der Waals surface area contributed by atoms with E-state index in [0.29, 0.717) is 0 Å². The predicted molar refractivity (Wildman–Crippen MR) is 79.1 cm³/mol. The Kier molecular flexibility index (Phi) is 4.96. The van der Waals surface area contributed by atoms with Gasteiger partial charge in [0.15, 0.2) is 5.70 Å². The number of nitrogens with one attached hydrogen (secondary N) is 2. The van der Waals surface area contributed by atoms with E-state index in [-0.39, 0.29) is 0 Å². The first-order valence-electron chi connectivity index (χ1n) is 8.17. The number of quaternary nitrogens is 1. The Morgan fingerprint density at radius 3 is 2.50 bits per heavy atom. The molecule has 4 rings (SSSR count). The second-order valence-electron chi connectivity index (χ2n) is 6.19. The zero-order chi connectivity index (χ0) is 17.3. The lowest BCUT2D eigenvalue weighted by molar-refractivity contribution is -2.00. The molecule has 2 aliphatic heterocycles. The molecule has 1 unspecified atom stereocenters. The van der Waals surface area contributed by atoms with E-state index in [1.165, 1.54) is 55.4 Å². The van der Waals surface area contributed by atoms with Gasteiger partial charge in [0.25, 0.3) is 0 Å². The van der Waals surface area contributed by atoms with Gasteiger partial charge in [-0.05, 0) is 30.0 Å². The maximum absolute atomic E-state index is 8.49. The first-order chi connectivity index (χ1) is 11.4. The van der Waals surface area contributed by atoms with Crippen LogP contribution in [0.4, 0.5) is 0 Å². The van der Waals surface area contributed by atoms with E-state index in [9.17, 15) is 0 Å². The highest BCUT2D eigenvalue weighted by Gasteiger charge is 2.33. The molecule has 0 saturated carbocycles. The maximum Gasteiger partial charge on any atom is 0.154 e. The number of benzene rings is 1. The lowest BCUT2D eigenvalue weighted by Gasteiger charge is -2.31. The highest BCUT2D eigenvalue weighted by atomic mass is 35.7. The molecule has 2 aliphatic rings. The first kappa shape index (κ1) is 17.4. The zero-order valence-electron chi connectivity index (χ0n) is 13.6. The number of allylic oxidation sites excluding steroid dienone is 1. The summed E-state index contributed by atoms with van der Waals surface area (Å²) in [7, 11) is -4.94. The van der Waals surface area contributed by atoms with E-state index in [2.05, 4.69) is 36.2 Å². The minimum atomic E-state index is -4.94. The van der Waals surface area contributed by atoms with Gasteiger partial charge in [-0.25, -0.2) is 18.6 Å². The van der Waals surface area contributed by atoms with Crippen molar-refractivity contribution >= 4 is 16.6 Å². The third-order valence-electron chi connectivity index (χ3n) is 4.83. The molecule has 0 amide bonds. The Hall–Kier alpha value is -1.41. The molecule has 7 heteroatoms. The zero-order valence-corrected chi connectivity index (χ0v) is 14.3. The van der Waals surface area contributed by atoms with Gasteiger partial charge in [-0.3, -0.25) is 0 Å². The Labute approximate surface area is 142 Å². The van der Waals surface area contributed by atoms with Gasteiger partial charge in [0, 0.05) is 23.7 Å². The van der Waals surface area contributed by atoms with Gasteiger partial charge in [0.05, 0.1) is 13.1 Å². The topological polar surface area (TPSA) is 112 Å². The van der Waals surface area contributed by atoms with Crippen molar-refractivity contribution in [1.82, 2.24) is 4.98 Å². The molecule has 6 nitrogen and oxygen atoms in total. The fraction of sp³-hybridized carbons (Fsp3) is 0.412. The van der Waals surface area contributed by atoms with Gasteiger partial charge in [-0.15, -0.1) is 10.2 Å². The number of hydrogen-bond acceptors (Lipinski definition) is 4. The number of fused-ring (bicyclic) bond motifs is 5. The summed E-state index contributed by atoms with van der Waals surface area (Å²) in [6.07, 6.45) is 5.07.